The third-order valence-corrected chi connectivity index (χ3v) is 3.99. The van der Waals surface area contributed by atoms with Crippen molar-refractivity contribution >= 4 is 23.4 Å². The Morgan fingerprint density at radius 3 is 2.89 bits per heavy atom. The number of aromatic carboxylic acids is 1. The van der Waals surface area contributed by atoms with E-state index in [1.165, 1.54) is 11.8 Å². The number of carbonyl (C=O) groups is 1. The molecule has 1 heterocycles. The van der Waals surface area contributed by atoms with E-state index in [2.05, 4.69) is 17.3 Å². The van der Waals surface area contributed by atoms with Crippen molar-refractivity contribution in [2.24, 2.45) is 0 Å². The Morgan fingerprint density at radius 2 is 2.33 bits per heavy atom. The number of hydrogen-bond acceptors (Lipinski definition) is 4. The first-order valence-corrected chi connectivity index (χ1v) is 7.19. The summed E-state index contributed by atoms with van der Waals surface area (Å²) in [7, 11) is 2.08. The lowest BCUT2D eigenvalue weighted by Crippen LogP contribution is -2.24. The zero-order chi connectivity index (χ0) is 13.1. The molecule has 1 aliphatic rings. The van der Waals surface area contributed by atoms with Gasteiger partial charge in [0.25, 0.3) is 0 Å². The lowest BCUT2D eigenvalue weighted by molar-refractivity contribution is 0.0694. The van der Waals surface area contributed by atoms with Gasteiger partial charge in [-0.2, -0.15) is 0 Å². The van der Waals surface area contributed by atoms with Gasteiger partial charge >= 0.3 is 5.97 Å². The normalized spacial score (nSPS) is 20.0. The summed E-state index contributed by atoms with van der Waals surface area (Å²) in [6.07, 6.45) is 2.95. The average Bonchev–Trinajstić information content (AvgIpc) is 2.74. The van der Waals surface area contributed by atoms with E-state index in [1.807, 2.05) is 24.5 Å². The highest BCUT2D eigenvalue weighted by Gasteiger charge is 2.22. The Labute approximate surface area is 111 Å². The summed E-state index contributed by atoms with van der Waals surface area (Å²) in [6.45, 7) is 2.02. The van der Waals surface area contributed by atoms with Crippen molar-refractivity contribution < 1.29 is 9.90 Å². The molecule has 1 aromatic carbocycles. The van der Waals surface area contributed by atoms with E-state index in [-0.39, 0.29) is 0 Å². The third kappa shape index (κ3) is 2.79. The van der Waals surface area contributed by atoms with Gasteiger partial charge in [0.1, 0.15) is 0 Å². The number of nitrogens with one attached hydrogen (secondary N) is 1. The van der Waals surface area contributed by atoms with Crippen LogP contribution in [-0.2, 0) is 0 Å². The van der Waals surface area contributed by atoms with Gasteiger partial charge in [0.15, 0.2) is 0 Å². The lowest BCUT2D eigenvalue weighted by Gasteiger charge is -2.17. The molecule has 2 rings (SSSR count). The van der Waals surface area contributed by atoms with E-state index < -0.39 is 5.97 Å². The van der Waals surface area contributed by atoms with E-state index in [0.717, 1.165) is 30.1 Å². The van der Waals surface area contributed by atoms with E-state index in [4.69, 9.17) is 0 Å². The van der Waals surface area contributed by atoms with E-state index in [0.29, 0.717) is 11.6 Å². The number of carboxylic acids is 1. The summed E-state index contributed by atoms with van der Waals surface area (Å²) >= 11 is 1.47. The minimum atomic E-state index is -0.867. The number of hydrogen-bond donors (Lipinski definition) is 2. The monoisotopic (exact) mass is 266 g/mol. The first-order chi connectivity index (χ1) is 8.61. The molecule has 5 heteroatoms. The number of likely N-dealkylation sites (tertiary alicyclic amines) is 1. The molecule has 1 saturated heterocycles. The first kappa shape index (κ1) is 13.2. The van der Waals surface area contributed by atoms with Crippen molar-refractivity contribution in [1.29, 1.82) is 0 Å². The quantitative estimate of drug-likeness (QED) is 0.818. The zero-order valence-electron chi connectivity index (χ0n) is 10.6. The minimum absolute atomic E-state index is 0.338. The van der Waals surface area contributed by atoms with Gasteiger partial charge in [-0.1, -0.05) is 6.07 Å². The van der Waals surface area contributed by atoms with Gasteiger partial charge in [-0.15, -0.1) is 11.8 Å². The van der Waals surface area contributed by atoms with Crippen molar-refractivity contribution in [3.05, 3.63) is 23.8 Å². The fraction of sp³-hybridized carbons (Fsp3) is 0.462. The van der Waals surface area contributed by atoms with Crippen LogP contribution in [0.25, 0.3) is 0 Å². The highest BCUT2D eigenvalue weighted by Crippen LogP contribution is 2.28. The van der Waals surface area contributed by atoms with Crippen LogP contribution in [0.15, 0.2) is 23.1 Å². The molecule has 1 aliphatic heterocycles. The Balaban J connectivity index is 2.24. The molecule has 2 N–H and O–H groups in total. The largest absolute Gasteiger partial charge is 0.478 e. The zero-order valence-corrected chi connectivity index (χ0v) is 11.5. The summed E-state index contributed by atoms with van der Waals surface area (Å²) in [5, 5.41) is 12.7. The molecule has 0 saturated carbocycles. The van der Waals surface area contributed by atoms with Crippen molar-refractivity contribution in [2.75, 3.05) is 31.7 Å². The molecule has 1 atom stereocenters. The number of rotatable bonds is 4. The van der Waals surface area contributed by atoms with Gasteiger partial charge < -0.3 is 15.3 Å². The van der Waals surface area contributed by atoms with Crippen LogP contribution >= 0.6 is 11.8 Å². The summed E-state index contributed by atoms with van der Waals surface area (Å²) in [5.41, 5.74) is 1.12. The molecular weight excluding hydrogens is 248 g/mol. The Morgan fingerprint density at radius 1 is 1.56 bits per heavy atom. The number of thioether (sulfide) groups is 1. The second-order valence-corrected chi connectivity index (χ2v) is 5.43. The molecule has 0 amide bonds. The fourth-order valence-electron chi connectivity index (χ4n) is 2.31. The maximum absolute atomic E-state index is 11.4. The smallest absolute Gasteiger partial charge is 0.338 e. The van der Waals surface area contributed by atoms with Crippen LogP contribution in [0.1, 0.15) is 16.8 Å². The number of anilines is 1. The average molecular weight is 266 g/mol. The van der Waals surface area contributed by atoms with Gasteiger partial charge in [-0.05, 0) is 38.4 Å². The van der Waals surface area contributed by atoms with Crippen LogP contribution in [-0.4, -0.2) is 48.4 Å². The van der Waals surface area contributed by atoms with Crippen LogP contribution in [0.2, 0.25) is 0 Å². The molecule has 0 spiro atoms. The molecular formula is C13H18N2O2S. The summed E-state index contributed by atoms with van der Waals surface area (Å²) in [4.78, 5) is 14.4. The van der Waals surface area contributed by atoms with Crippen LogP contribution in [0.5, 0.6) is 0 Å². The number of nitrogens with zero attached hydrogens (tertiary/aromatic N) is 1. The number of carboxylic acid groups (broad SMARTS) is 1. The summed E-state index contributed by atoms with van der Waals surface area (Å²) < 4.78 is 0. The molecule has 0 aromatic heterocycles. The molecule has 0 radical (unpaired) electrons. The van der Waals surface area contributed by atoms with Crippen molar-refractivity contribution in [3.8, 4) is 0 Å². The maximum atomic E-state index is 11.4. The first-order valence-electron chi connectivity index (χ1n) is 5.97. The lowest BCUT2D eigenvalue weighted by atomic mass is 10.1. The molecule has 1 unspecified atom stereocenters. The van der Waals surface area contributed by atoms with Crippen molar-refractivity contribution in [1.82, 2.24) is 4.90 Å². The maximum Gasteiger partial charge on any atom is 0.338 e. The van der Waals surface area contributed by atoms with Crippen molar-refractivity contribution in [3.63, 3.8) is 0 Å². The molecule has 1 aromatic rings. The highest BCUT2D eigenvalue weighted by atomic mass is 32.2. The third-order valence-electron chi connectivity index (χ3n) is 3.21. The minimum Gasteiger partial charge on any atom is -0.478 e. The Bertz CT molecular complexity index is 451. The van der Waals surface area contributed by atoms with Gasteiger partial charge in [0.05, 0.1) is 11.3 Å². The van der Waals surface area contributed by atoms with Gasteiger partial charge in [0.2, 0.25) is 0 Å². The van der Waals surface area contributed by atoms with E-state index >= 15 is 0 Å². The van der Waals surface area contributed by atoms with Gasteiger partial charge in [-0.3, -0.25) is 0 Å². The van der Waals surface area contributed by atoms with Crippen LogP contribution in [0.4, 0.5) is 5.69 Å². The van der Waals surface area contributed by atoms with Crippen LogP contribution in [0, 0.1) is 0 Å². The van der Waals surface area contributed by atoms with Crippen LogP contribution in [0.3, 0.4) is 0 Å². The second kappa shape index (κ2) is 5.63. The predicted molar refractivity (Wildman–Crippen MR) is 74.7 cm³/mol. The van der Waals surface area contributed by atoms with E-state index in [1.54, 1.807) is 0 Å². The predicted octanol–water partition coefficient (Wildman–Crippen LogP) is 2.22. The number of likely N-dealkylation sites (N-methyl/N-ethyl adjacent to an activating group) is 1. The van der Waals surface area contributed by atoms with Crippen LogP contribution < -0.4 is 5.32 Å². The molecule has 4 nitrogen and oxygen atoms in total. The Kier molecular flexibility index (Phi) is 4.14. The van der Waals surface area contributed by atoms with Gasteiger partial charge in [0, 0.05) is 17.5 Å². The fourth-order valence-corrected chi connectivity index (χ4v) is 2.93. The van der Waals surface area contributed by atoms with E-state index in [9.17, 15) is 9.90 Å². The summed E-state index contributed by atoms with van der Waals surface area (Å²) in [6, 6.07) is 5.94. The number of benzene rings is 1. The molecule has 18 heavy (non-hydrogen) atoms. The molecule has 0 aliphatic carbocycles. The van der Waals surface area contributed by atoms with Crippen molar-refractivity contribution in [2.45, 2.75) is 17.4 Å². The summed E-state index contributed by atoms with van der Waals surface area (Å²) in [5.74, 6) is -0.867. The topological polar surface area (TPSA) is 52.6 Å². The Hall–Kier alpha value is -1.20. The SMILES string of the molecule is CSc1cccc(NC2CCN(C)C2)c1C(=O)O. The second-order valence-electron chi connectivity index (χ2n) is 4.58. The highest BCUT2D eigenvalue weighted by molar-refractivity contribution is 7.98. The molecule has 98 valence electrons. The molecule has 1 fully saturated rings. The standard InChI is InChI=1S/C13H18N2O2S/c1-15-7-6-9(8-15)14-10-4-3-5-11(18-2)12(10)13(16)17/h3-5,9,14H,6-8H2,1-2H3,(H,16,17). The van der Waals surface area contributed by atoms with Gasteiger partial charge in [-0.25, -0.2) is 4.79 Å². The molecule has 0 bridgehead atoms.